The molecule has 0 amide bonds. The van der Waals surface area contributed by atoms with Crippen LogP contribution in [-0.4, -0.2) is 33.1 Å². The van der Waals surface area contributed by atoms with Crippen LogP contribution in [0.4, 0.5) is 0 Å². The molecule has 188 valence electrons. The van der Waals surface area contributed by atoms with E-state index in [1.54, 1.807) is 5.57 Å². The zero-order chi connectivity index (χ0) is 24.8. The number of hydrogen-bond acceptors (Lipinski definition) is 3. The minimum Gasteiger partial charge on any atom is -0.390 e. The van der Waals surface area contributed by atoms with Crippen molar-refractivity contribution in [1.29, 1.82) is 0 Å². The molecule has 0 spiro atoms. The number of aliphatic hydroxyl groups excluding tert-OH is 2. The molecular formula is C30H50O3. The molecular weight excluding hydrogens is 408 g/mol. The van der Waals surface area contributed by atoms with Gasteiger partial charge < -0.3 is 15.3 Å². The number of hydrogen-bond donors (Lipinski definition) is 3. The van der Waals surface area contributed by atoms with Gasteiger partial charge in [0.1, 0.15) is 0 Å². The third kappa shape index (κ3) is 5.68. The first-order valence-corrected chi connectivity index (χ1v) is 13.3. The van der Waals surface area contributed by atoms with E-state index in [4.69, 9.17) is 0 Å². The third-order valence-corrected chi connectivity index (χ3v) is 9.90. The average Bonchev–Trinajstić information content (AvgIpc) is 3.06. The van der Waals surface area contributed by atoms with Crippen LogP contribution < -0.4 is 0 Å². The van der Waals surface area contributed by atoms with Crippen LogP contribution in [0.3, 0.4) is 0 Å². The molecule has 33 heavy (non-hydrogen) atoms. The van der Waals surface area contributed by atoms with Crippen LogP contribution >= 0.6 is 0 Å². The van der Waals surface area contributed by atoms with E-state index >= 15 is 0 Å². The fourth-order valence-corrected chi connectivity index (χ4v) is 7.30. The fourth-order valence-electron chi connectivity index (χ4n) is 7.30. The van der Waals surface area contributed by atoms with Gasteiger partial charge in [-0.05, 0) is 113 Å². The summed E-state index contributed by atoms with van der Waals surface area (Å²) >= 11 is 0. The lowest BCUT2D eigenvalue weighted by Gasteiger charge is -2.48. The quantitative estimate of drug-likeness (QED) is 0.387. The molecule has 0 aromatic heterocycles. The summed E-state index contributed by atoms with van der Waals surface area (Å²) in [4.78, 5) is 0. The Morgan fingerprint density at radius 2 is 1.73 bits per heavy atom. The lowest BCUT2D eigenvalue weighted by molar-refractivity contribution is 0.0126. The van der Waals surface area contributed by atoms with E-state index in [2.05, 4.69) is 47.3 Å². The molecule has 0 aromatic rings. The highest BCUT2D eigenvalue weighted by Crippen LogP contribution is 2.62. The van der Waals surface area contributed by atoms with Crippen molar-refractivity contribution < 1.29 is 15.3 Å². The van der Waals surface area contributed by atoms with E-state index in [-0.39, 0.29) is 5.41 Å². The van der Waals surface area contributed by atoms with E-state index < -0.39 is 17.8 Å². The Hall–Kier alpha value is -0.900. The molecule has 0 saturated heterocycles. The zero-order valence-corrected chi connectivity index (χ0v) is 22.4. The summed E-state index contributed by atoms with van der Waals surface area (Å²) in [5.41, 5.74) is 4.63. The van der Waals surface area contributed by atoms with Crippen LogP contribution in [-0.2, 0) is 0 Å². The van der Waals surface area contributed by atoms with Crippen molar-refractivity contribution >= 4 is 0 Å². The van der Waals surface area contributed by atoms with Gasteiger partial charge in [-0.2, -0.15) is 0 Å². The molecule has 0 bridgehead atoms. The van der Waals surface area contributed by atoms with Crippen LogP contribution in [0.15, 0.2) is 34.9 Å². The Morgan fingerprint density at radius 1 is 1.12 bits per heavy atom. The Labute approximate surface area is 203 Å². The van der Waals surface area contributed by atoms with Crippen molar-refractivity contribution in [2.24, 2.45) is 28.6 Å². The number of aliphatic hydroxyl groups is 3. The fraction of sp³-hybridized carbons (Fsp3) is 0.800. The van der Waals surface area contributed by atoms with E-state index in [1.165, 1.54) is 37.7 Å². The highest BCUT2D eigenvalue weighted by atomic mass is 16.3. The second kappa shape index (κ2) is 9.63. The van der Waals surface area contributed by atoms with Gasteiger partial charge in [0, 0.05) is 0 Å². The molecule has 3 N–H and O–H groups in total. The Kier molecular flexibility index (Phi) is 7.79. The van der Waals surface area contributed by atoms with Crippen molar-refractivity contribution in [3.63, 3.8) is 0 Å². The number of fused-ring (bicyclic) bond motifs is 1. The summed E-state index contributed by atoms with van der Waals surface area (Å²) in [6.07, 6.45) is 10.4. The van der Waals surface area contributed by atoms with Crippen LogP contribution in [0.25, 0.3) is 0 Å². The van der Waals surface area contributed by atoms with Gasteiger partial charge in [-0.15, -0.1) is 0 Å². The predicted molar refractivity (Wildman–Crippen MR) is 138 cm³/mol. The Balaban J connectivity index is 1.81. The summed E-state index contributed by atoms with van der Waals surface area (Å²) in [6, 6.07) is 0. The molecule has 0 aliphatic heterocycles. The third-order valence-electron chi connectivity index (χ3n) is 9.90. The van der Waals surface area contributed by atoms with Gasteiger partial charge in [0.15, 0.2) is 0 Å². The molecule has 0 aromatic carbocycles. The number of allylic oxidation sites excluding steroid dienone is 3. The molecule has 3 aliphatic carbocycles. The second-order valence-electron chi connectivity index (χ2n) is 13.2. The van der Waals surface area contributed by atoms with Gasteiger partial charge in [0.25, 0.3) is 0 Å². The topological polar surface area (TPSA) is 60.7 Å². The predicted octanol–water partition coefficient (Wildman–Crippen LogP) is 6.73. The zero-order valence-electron chi connectivity index (χ0n) is 22.4. The van der Waals surface area contributed by atoms with Gasteiger partial charge in [-0.1, -0.05) is 57.1 Å². The SMILES string of the molecule is C=C1[C@H](O)CC(=C/C(C)=C2\CCC[C@@]3(C)C2CC[C@@H]3[C@H](C)C(C)(C)CCC(C)(C)O)C[C@H]1O. The summed E-state index contributed by atoms with van der Waals surface area (Å²) in [7, 11) is 0. The lowest BCUT2D eigenvalue weighted by Crippen LogP contribution is -2.41. The molecule has 0 radical (unpaired) electrons. The Bertz CT molecular complexity index is 780. The minimum absolute atomic E-state index is 0.206. The molecule has 3 fully saturated rings. The van der Waals surface area contributed by atoms with E-state index in [0.29, 0.717) is 41.6 Å². The molecule has 3 heteroatoms. The van der Waals surface area contributed by atoms with Gasteiger partial charge in [-0.25, -0.2) is 0 Å². The molecule has 3 aliphatic rings. The van der Waals surface area contributed by atoms with Crippen molar-refractivity contribution in [2.75, 3.05) is 0 Å². The number of rotatable bonds is 6. The minimum atomic E-state index is -0.628. The highest BCUT2D eigenvalue weighted by molar-refractivity contribution is 5.35. The van der Waals surface area contributed by atoms with Crippen molar-refractivity contribution in [1.82, 2.24) is 0 Å². The molecule has 3 rings (SSSR count). The molecule has 1 unspecified atom stereocenters. The van der Waals surface area contributed by atoms with E-state index in [1.807, 2.05) is 13.8 Å². The lowest BCUT2D eigenvalue weighted by atomic mass is 9.56. The normalized spacial score (nSPS) is 35.9. The van der Waals surface area contributed by atoms with Gasteiger partial charge in [-0.3, -0.25) is 0 Å². The van der Waals surface area contributed by atoms with Gasteiger partial charge in [0.05, 0.1) is 17.8 Å². The molecule has 3 nitrogen and oxygen atoms in total. The van der Waals surface area contributed by atoms with Crippen molar-refractivity contribution in [3.8, 4) is 0 Å². The smallest absolute Gasteiger partial charge is 0.0809 e. The van der Waals surface area contributed by atoms with Gasteiger partial charge in [0.2, 0.25) is 0 Å². The summed E-state index contributed by atoms with van der Waals surface area (Å²) in [5, 5.41) is 30.8. The molecule has 3 saturated carbocycles. The summed E-state index contributed by atoms with van der Waals surface area (Å²) in [5.74, 6) is 1.95. The van der Waals surface area contributed by atoms with Crippen LogP contribution in [0.5, 0.6) is 0 Å². The maximum absolute atomic E-state index is 10.3. The van der Waals surface area contributed by atoms with Crippen molar-refractivity contribution in [2.45, 2.75) is 124 Å². The van der Waals surface area contributed by atoms with Crippen LogP contribution in [0.1, 0.15) is 106 Å². The Morgan fingerprint density at radius 3 is 2.30 bits per heavy atom. The summed E-state index contributed by atoms with van der Waals surface area (Å²) in [6.45, 7) is 19.8. The largest absolute Gasteiger partial charge is 0.390 e. The first-order chi connectivity index (χ1) is 15.2. The van der Waals surface area contributed by atoms with Crippen LogP contribution in [0, 0.1) is 28.6 Å². The van der Waals surface area contributed by atoms with E-state index in [0.717, 1.165) is 18.4 Å². The summed E-state index contributed by atoms with van der Waals surface area (Å²) < 4.78 is 0. The molecule has 0 heterocycles. The molecule has 6 atom stereocenters. The highest BCUT2D eigenvalue weighted by Gasteiger charge is 2.53. The first-order valence-electron chi connectivity index (χ1n) is 13.3. The standard InChI is InChI=1S/C30H50O3/c1-19(16-22-17-26(31)20(2)27(32)18-22)23-10-9-13-30(8)24(11-12-25(23)30)21(3)28(4,5)14-15-29(6,7)33/h16,21,24-27,31-33H,2,9-15,17-18H2,1,3-8H3/b23-19+/t21-,24+,25?,26+,27+,30+/m0/s1. The first kappa shape index (κ1) is 26.7. The van der Waals surface area contributed by atoms with Crippen LogP contribution in [0.2, 0.25) is 0 Å². The van der Waals surface area contributed by atoms with Gasteiger partial charge >= 0.3 is 0 Å². The van der Waals surface area contributed by atoms with E-state index in [9.17, 15) is 15.3 Å². The average molecular weight is 459 g/mol. The maximum Gasteiger partial charge on any atom is 0.0809 e. The van der Waals surface area contributed by atoms with Crippen molar-refractivity contribution in [3.05, 3.63) is 34.9 Å². The monoisotopic (exact) mass is 458 g/mol. The second-order valence-corrected chi connectivity index (χ2v) is 13.2. The maximum atomic E-state index is 10.3.